The van der Waals surface area contributed by atoms with E-state index < -0.39 is 0 Å². The summed E-state index contributed by atoms with van der Waals surface area (Å²) >= 11 is 1.78. The average molecular weight is 306 g/mol. The van der Waals surface area contributed by atoms with Crippen LogP contribution in [0.1, 0.15) is 56.4 Å². The van der Waals surface area contributed by atoms with E-state index in [0.29, 0.717) is 5.92 Å². The molecule has 0 aromatic carbocycles. The fraction of sp³-hybridized carbons (Fsp3) is 0.706. The van der Waals surface area contributed by atoms with Crippen LogP contribution < -0.4 is 10.6 Å². The van der Waals surface area contributed by atoms with E-state index in [1.54, 1.807) is 11.3 Å². The Morgan fingerprint density at radius 3 is 2.71 bits per heavy atom. The summed E-state index contributed by atoms with van der Waals surface area (Å²) in [6, 6.07) is 4.51. The van der Waals surface area contributed by atoms with Crippen LogP contribution >= 0.6 is 11.3 Å². The largest absolute Gasteiger partial charge is 0.348 e. The first-order valence-corrected chi connectivity index (χ1v) is 9.12. The minimum absolute atomic E-state index is 0.195. The minimum atomic E-state index is -0.195. The molecule has 2 fully saturated rings. The van der Waals surface area contributed by atoms with E-state index in [1.165, 1.54) is 30.6 Å². The van der Waals surface area contributed by atoms with Crippen molar-refractivity contribution in [3.63, 3.8) is 0 Å². The van der Waals surface area contributed by atoms with Gasteiger partial charge in [0.2, 0.25) is 5.91 Å². The highest BCUT2D eigenvalue weighted by molar-refractivity contribution is 7.10. The second-order valence-corrected chi connectivity index (χ2v) is 7.80. The molecule has 21 heavy (non-hydrogen) atoms. The molecule has 1 aliphatic heterocycles. The molecule has 1 unspecified atom stereocenters. The van der Waals surface area contributed by atoms with Gasteiger partial charge in [0.05, 0.1) is 6.04 Å². The van der Waals surface area contributed by atoms with Crippen molar-refractivity contribution in [1.82, 2.24) is 10.6 Å². The van der Waals surface area contributed by atoms with Gasteiger partial charge < -0.3 is 10.6 Å². The minimum Gasteiger partial charge on any atom is -0.348 e. The zero-order valence-electron chi connectivity index (χ0n) is 12.9. The van der Waals surface area contributed by atoms with Crippen LogP contribution in [0.4, 0.5) is 0 Å². The third-order valence-corrected chi connectivity index (χ3v) is 6.22. The van der Waals surface area contributed by atoms with Gasteiger partial charge in [-0.3, -0.25) is 4.79 Å². The molecule has 3 nitrogen and oxygen atoms in total. The van der Waals surface area contributed by atoms with Crippen LogP contribution in [0.5, 0.6) is 0 Å². The topological polar surface area (TPSA) is 41.1 Å². The second-order valence-electron chi connectivity index (χ2n) is 6.82. The first-order chi connectivity index (χ1) is 10.2. The Morgan fingerprint density at radius 1 is 1.38 bits per heavy atom. The van der Waals surface area contributed by atoms with Crippen molar-refractivity contribution >= 4 is 17.2 Å². The van der Waals surface area contributed by atoms with E-state index in [0.717, 1.165) is 25.9 Å². The van der Waals surface area contributed by atoms with Gasteiger partial charge in [-0.2, -0.15) is 0 Å². The number of rotatable bonds is 4. The number of amides is 1. The maximum absolute atomic E-state index is 12.8. The number of piperidine rings is 1. The lowest BCUT2D eigenvalue weighted by Crippen LogP contribution is -2.47. The highest BCUT2D eigenvalue weighted by atomic mass is 32.1. The van der Waals surface area contributed by atoms with E-state index in [2.05, 4.69) is 35.1 Å². The predicted octanol–water partition coefficient (Wildman–Crippen LogP) is 3.49. The standard InChI is InChI=1S/C17H26N2OS/c1-17(8-10-18-11-9-17)16(20)19-15(13-5-2-3-6-13)14-7-4-12-21-14/h4,7,12-13,15,18H,2-3,5-6,8-11H2,1H3,(H,19,20). The van der Waals surface area contributed by atoms with Crippen LogP contribution in [0.15, 0.2) is 17.5 Å². The average Bonchev–Trinajstić information content (AvgIpc) is 3.18. The maximum Gasteiger partial charge on any atom is 0.226 e. The fourth-order valence-corrected chi connectivity index (χ4v) is 4.57. The van der Waals surface area contributed by atoms with Crippen LogP contribution in [-0.4, -0.2) is 19.0 Å². The second kappa shape index (κ2) is 6.49. The summed E-state index contributed by atoms with van der Waals surface area (Å²) in [6.07, 6.45) is 7.01. The van der Waals surface area contributed by atoms with Crippen molar-refractivity contribution in [2.45, 2.75) is 51.5 Å². The molecule has 2 heterocycles. The van der Waals surface area contributed by atoms with Crippen LogP contribution in [-0.2, 0) is 4.79 Å². The van der Waals surface area contributed by atoms with Gasteiger partial charge in [0, 0.05) is 10.3 Å². The molecular formula is C17H26N2OS. The normalized spacial score (nSPS) is 23.9. The van der Waals surface area contributed by atoms with Crippen molar-refractivity contribution in [1.29, 1.82) is 0 Å². The van der Waals surface area contributed by atoms with Crippen molar-refractivity contribution < 1.29 is 4.79 Å². The van der Waals surface area contributed by atoms with E-state index >= 15 is 0 Å². The van der Waals surface area contributed by atoms with E-state index in [4.69, 9.17) is 0 Å². The number of hydrogen-bond donors (Lipinski definition) is 2. The molecule has 4 heteroatoms. The van der Waals surface area contributed by atoms with Gasteiger partial charge in [-0.15, -0.1) is 11.3 Å². The Morgan fingerprint density at radius 2 is 2.10 bits per heavy atom. The number of thiophene rings is 1. The molecule has 0 bridgehead atoms. The summed E-state index contributed by atoms with van der Waals surface area (Å²) in [4.78, 5) is 14.2. The number of carbonyl (C=O) groups excluding carboxylic acids is 1. The van der Waals surface area contributed by atoms with Crippen molar-refractivity contribution in [2.24, 2.45) is 11.3 Å². The summed E-state index contributed by atoms with van der Waals surface area (Å²) in [5.74, 6) is 0.882. The van der Waals surface area contributed by atoms with Crippen LogP contribution in [0, 0.1) is 11.3 Å². The van der Waals surface area contributed by atoms with Crippen LogP contribution in [0.25, 0.3) is 0 Å². The zero-order valence-corrected chi connectivity index (χ0v) is 13.7. The summed E-state index contributed by atoms with van der Waals surface area (Å²) in [7, 11) is 0. The fourth-order valence-electron chi connectivity index (χ4n) is 3.70. The van der Waals surface area contributed by atoms with E-state index in [-0.39, 0.29) is 17.4 Å². The molecule has 3 rings (SSSR count). The monoisotopic (exact) mass is 306 g/mol. The van der Waals surface area contributed by atoms with Gasteiger partial charge in [-0.25, -0.2) is 0 Å². The third-order valence-electron chi connectivity index (χ3n) is 5.26. The van der Waals surface area contributed by atoms with Crippen molar-refractivity contribution in [2.75, 3.05) is 13.1 Å². The molecule has 1 saturated carbocycles. The third kappa shape index (κ3) is 3.32. The molecule has 2 aliphatic rings. The molecule has 1 saturated heterocycles. The van der Waals surface area contributed by atoms with Gasteiger partial charge in [0.25, 0.3) is 0 Å². The summed E-state index contributed by atoms with van der Waals surface area (Å²) in [5.41, 5.74) is -0.195. The van der Waals surface area contributed by atoms with Crippen LogP contribution in [0.3, 0.4) is 0 Å². The summed E-state index contributed by atoms with van der Waals surface area (Å²) in [5, 5.41) is 8.89. The molecule has 1 aromatic heterocycles. The SMILES string of the molecule is CC1(C(=O)NC(c2cccs2)C2CCCC2)CCNCC1. The summed E-state index contributed by atoms with van der Waals surface area (Å²) in [6.45, 7) is 4.04. The molecule has 1 aromatic rings. The van der Waals surface area contributed by atoms with Gasteiger partial charge >= 0.3 is 0 Å². The Hall–Kier alpha value is -0.870. The van der Waals surface area contributed by atoms with E-state index in [9.17, 15) is 4.79 Å². The predicted molar refractivity (Wildman–Crippen MR) is 87.4 cm³/mol. The molecule has 0 radical (unpaired) electrons. The Labute approximate surface area is 131 Å². The van der Waals surface area contributed by atoms with Gasteiger partial charge in [0.15, 0.2) is 0 Å². The zero-order chi connectivity index (χ0) is 14.7. The van der Waals surface area contributed by atoms with Gasteiger partial charge in [0.1, 0.15) is 0 Å². The van der Waals surface area contributed by atoms with E-state index in [1.807, 2.05) is 0 Å². The molecule has 116 valence electrons. The first kappa shape index (κ1) is 15.0. The lowest BCUT2D eigenvalue weighted by Gasteiger charge is -2.35. The highest BCUT2D eigenvalue weighted by Gasteiger charge is 2.37. The van der Waals surface area contributed by atoms with Gasteiger partial charge in [-0.05, 0) is 56.1 Å². The lowest BCUT2D eigenvalue weighted by atomic mass is 9.79. The summed E-state index contributed by atoms with van der Waals surface area (Å²) < 4.78 is 0. The lowest BCUT2D eigenvalue weighted by molar-refractivity contribution is -0.132. The Kier molecular flexibility index (Phi) is 4.65. The van der Waals surface area contributed by atoms with Crippen molar-refractivity contribution in [3.05, 3.63) is 22.4 Å². The molecule has 1 amide bonds. The van der Waals surface area contributed by atoms with Gasteiger partial charge in [-0.1, -0.05) is 25.8 Å². The maximum atomic E-state index is 12.8. The highest BCUT2D eigenvalue weighted by Crippen LogP contribution is 2.38. The molecule has 1 atom stereocenters. The molecule has 0 spiro atoms. The van der Waals surface area contributed by atoms with Crippen LogP contribution in [0.2, 0.25) is 0 Å². The molecule has 2 N–H and O–H groups in total. The van der Waals surface area contributed by atoms with Crippen molar-refractivity contribution in [3.8, 4) is 0 Å². The number of nitrogens with one attached hydrogen (secondary N) is 2. The Balaban J connectivity index is 1.73. The number of carbonyl (C=O) groups is 1. The number of hydrogen-bond acceptors (Lipinski definition) is 3. The first-order valence-electron chi connectivity index (χ1n) is 8.24. The smallest absolute Gasteiger partial charge is 0.226 e. The Bertz CT molecular complexity index is 459. The molecule has 1 aliphatic carbocycles. The molecular weight excluding hydrogens is 280 g/mol. The quantitative estimate of drug-likeness (QED) is 0.894.